The molecule has 0 atom stereocenters. The van der Waals surface area contributed by atoms with Crippen LogP contribution in [0.25, 0.3) is 33.8 Å². The summed E-state index contributed by atoms with van der Waals surface area (Å²) in [5.41, 5.74) is 7.99. The van der Waals surface area contributed by atoms with Crippen molar-refractivity contribution in [2.75, 3.05) is 23.9 Å². The molecule has 1 heterocycles. The number of aromatic hydroxyl groups is 1. The van der Waals surface area contributed by atoms with E-state index in [9.17, 15) is 5.11 Å². The molecule has 4 aromatic carbocycles. The lowest BCUT2D eigenvalue weighted by molar-refractivity contribution is 0.323. The molecule has 41 heavy (non-hydrogen) atoms. The summed E-state index contributed by atoms with van der Waals surface area (Å²) in [4.78, 5) is 3.30. The summed E-state index contributed by atoms with van der Waals surface area (Å²) in [5.74, 6) is 1.23. The molecular formula is C33H29Br4NO3. The van der Waals surface area contributed by atoms with Crippen LogP contribution in [-0.4, -0.2) is 39.1 Å². The summed E-state index contributed by atoms with van der Waals surface area (Å²) in [7, 11) is 0. The third-order valence-electron chi connectivity index (χ3n) is 6.25. The van der Waals surface area contributed by atoms with Gasteiger partial charge in [-0.25, -0.2) is 0 Å². The Labute approximate surface area is 274 Å². The number of aromatic amines is 1. The van der Waals surface area contributed by atoms with Crippen LogP contribution < -0.4 is 4.74 Å². The number of H-pyrrole nitrogens is 1. The molecule has 1 aliphatic carbocycles. The Hall–Kier alpha value is -2.36. The fourth-order valence-corrected chi connectivity index (χ4v) is 5.31. The number of halogens is 4. The van der Waals surface area contributed by atoms with Crippen LogP contribution in [0.15, 0.2) is 99.9 Å². The Morgan fingerprint density at radius 1 is 0.780 bits per heavy atom. The molecule has 0 radical (unpaired) electrons. The Bertz CT molecular complexity index is 1600. The van der Waals surface area contributed by atoms with Gasteiger partial charge >= 0.3 is 0 Å². The lowest BCUT2D eigenvalue weighted by Crippen LogP contribution is -2.01. The number of phenolic OH excluding ortho intramolecular Hbond substituents is 1. The topological polar surface area (TPSA) is 65.5 Å². The van der Waals surface area contributed by atoms with E-state index in [1.54, 1.807) is 6.07 Å². The van der Waals surface area contributed by atoms with Gasteiger partial charge in [-0.2, -0.15) is 0 Å². The molecule has 0 saturated carbocycles. The van der Waals surface area contributed by atoms with E-state index >= 15 is 0 Å². The first-order chi connectivity index (χ1) is 19.9. The highest BCUT2D eigenvalue weighted by molar-refractivity contribution is 9.11. The Morgan fingerprint density at radius 2 is 1.46 bits per heavy atom. The van der Waals surface area contributed by atoms with Crippen molar-refractivity contribution in [3.63, 3.8) is 0 Å². The zero-order valence-corrected chi connectivity index (χ0v) is 28.4. The van der Waals surface area contributed by atoms with Crippen molar-refractivity contribution < 1.29 is 14.9 Å². The molecule has 212 valence electrons. The smallest absolute Gasteiger partial charge is 0.126 e. The fraction of sp³-hybridized carbons (Fsp3) is 0.152. The minimum atomic E-state index is 0.236. The monoisotopic (exact) mass is 803 g/mol. The average molecular weight is 807 g/mol. The zero-order chi connectivity index (χ0) is 29.2. The number of rotatable bonds is 6. The number of alkyl halides is 2. The number of aliphatic hydroxyl groups excluding tert-OH is 1. The number of phenols is 1. The van der Waals surface area contributed by atoms with Gasteiger partial charge in [0.1, 0.15) is 11.5 Å². The number of aliphatic hydroxyl groups is 1. The summed E-state index contributed by atoms with van der Waals surface area (Å²) in [6.45, 7) is 0.912. The third kappa shape index (κ3) is 8.58. The van der Waals surface area contributed by atoms with Gasteiger partial charge in [0.05, 0.1) is 18.9 Å². The van der Waals surface area contributed by atoms with E-state index in [1.165, 1.54) is 22.3 Å². The normalized spacial score (nSPS) is 11.6. The van der Waals surface area contributed by atoms with E-state index in [0.29, 0.717) is 11.9 Å². The molecule has 5 aromatic rings. The number of hydrogen-bond donors (Lipinski definition) is 3. The second-order valence-electron chi connectivity index (χ2n) is 9.07. The van der Waals surface area contributed by atoms with Crippen molar-refractivity contribution in [2.45, 2.75) is 6.42 Å². The number of benzene rings is 4. The highest BCUT2D eigenvalue weighted by Crippen LogP contribution is 2.37. The van der Waals surface area contributed by atoms with Crippen LogP contribution in [0.4, 0.5) is 0 Å². The van der Waals surface area contributed by atoms with Crippen LogP contribution in [0.5, 0.6) is 11.5 Å². The third-order valence-corrected chi connectivity index (χ3v) is 7.92. The predicted octanol–water partition coefficient (Wildman–Crippen LogP) is 10.00. The molecule has 1 aromatic heterocycles. The highest BCUT2D eigenvalue weighted by atomic mass is 79.9. The number of para-hydroxylation sites is 1. The van der Waals surface area contributed by atoms with E-state index in [2.05, 4.69) is 105 Å². The van der Waals surface area contributed by atoms with Crippen molar-refractivity contribution in [1.29, 1.82) is 0 Å². The molecule has 0 amide bonds. The summed E-state index contributed by atoms with van der Waals surface area (Å²) in [6.07, 6.45) is 3.23. The fourth-order valence-electron chi connectivity index (χ4n) is 4.42. The molecule has 6 rings (SSSR count). The van der Waals surface area contributed by atoms with E-state index in [1.807, 2.05) is 54.6 Å². The van der Waals surface area contributed by atoms with Crippen LogP contribution in [0, 0.1) is 0 Å². The quantitative estimate of drug-likeness (QED) is 0.150. The van der Waals surface area contributed by atoms with Crippen LogP contribution in [0.2, 0.25) is 0 Å². The maximum atomic E-state index is 9.87. The summed E-state index contributed by atoms with van der Waals surface area (Å²) in [6, 6.07) is 30.2. The Morgan fingerprint density at radius 3 is 2.17 bits per heavy atom. The van der Waals surface area contributed by atoms with E-state index < -0.39 is 0 Å². The second kappa shape index (κ2) is 15.8. The highest BCUT2D eigenvalue weighted by Gasteiger charge is 2.17. The average Bonchev–Trinajstić information content (AvgIpc) is 3.63. The van der Waals surface area contributed by atoms with Gasteiger partial charge in [-0.3, -0.25) is 0 Å². The van der Waals surface area contributed by atoms with Crippen molar-refractivity contribution >= 4 is 86.3 Å². The van der Waals surface area contributed by atoms with Gasteiger partial charge < -0.3 is 19.9 Å². The molecule has 0 unspecified atom stereocenters. The molecule has 0 saturated heterocycles. The van der Waals surface area contributed by atoms with Gasteiger partial charge in [-0.15, -0.1) is 0 Å². The number of ether oxygens (including phenoxy) is 1. The number of nitrogens with one attached hydrogen (secondary N) is 1. The van der Waals surface area contributed by atoms with Crippen LogP contribution in [-0.2, 0) is 6.42 Å². The van der Waals surface area contributed by atoms with Crippen molar-refractivity contribution in [3.8, 4) is 22.8 Å². The van der Waals surface area contributed by atoms with Gasteiger partial charge in [0, 0.05) is 41.6 Å². The van der Waals surface area contributed by atoms with Gasteiger partial charge in [-0.1, -0.05) is 112 Å². The second-order valence-corrected chi connectivity index (χ2v) is 12.5. The van der Waals surface area contributed by atoms with Gasteiger partial charge in [0.25, 0.3) is 0 Å². The first kappa shape index (κ1) is 31.6. The number of allylic oxidation sites excluding steroid dienone is 1. The molecule has 4 nitrogen and oxygen atoms in total. The molecule has 0 bridgehead atoms. The minimum absolute atomic E-state index is 0.236. The Balaban J connectivity index is 0.000000169. The number of aromatic nitrogens is 1. The Kier molecular flexibility index (Phi) is 12.1. The van der Waals surface area contributed by atoms with Crippen molar-refractivity contribution in [1.82, 2.24) is 4.98 Å². The predicted molar refractivity (Wildman–Crippen MR) is 185 cm³/mol. The van der Waals surface area contributed by atoms with E-state index in [0.717, 1.165) is 48.6 Å². The van der Waals surface area contributed by atoms with Crippen molar-refractivity contribution in [3.05, 3.63) is 117 Å². The van der Waals surface area contributed by atoms with Crippen molar-refractivity contribution in [2.24, 2.45) is 0 Å². The van der Waals surface area contributed by atoms with E-state index in [4.69, 9.17) is 9.84 Å². The summed E-state index contributed by atoms with van der Waals surface area (Å²) in [5, 5.41) is 20.4. The van der Waals surface area contributed by atoms with Gasteiger partial charge in [-0.05, 0) is 71.7 Å². The number of hydrogen-bond acceptors (Lipinski definition) is 3. The number of fused-ring (bicyclic) bond motifs is 2. The molecular weight excluding hydrogens is 778 g/mol. The van der Waals surface area contributed by atoms with E-state index in [-0.39, 0.29) is 12.4 Å². The molecule has 0 fully saturated rings. The maximum absolute atomic E-state index is 9.87. The lowest BCUT2D eigenvalue weighted by atomic mass is 10.0. The minimum Gasteiger partial charge on any atom is -0.507 e. The molecule has 0 spiro atoms. The molecule has 1 aliphatic rings. The standard InChI is InChI=1S/C17H14Br2O.C14H10BrNO.C2H5BrO/c18-7-8-20-17-6-5-15(19)11-16(17)14-9-12-3-1-2-4-13(12)10-14;15-10-5-6-14(17)11(8-10)13-7-9-3-1-2-4-12(9)16-13;3-1-2-4/h1-6,9,11H,7-8,10H2;1-8,16-17H;4H,1-2H2. The van der Waals surface area contributed by atoms with Crippen LogP contribution in [0.1, 0.15) is 16.7 Å². The molecule has 0 aliphatic heterocycles. The first-order valence-corrected chi connectivity index (χ1v) is 16.8. The van der Waals surface area contributed by atoms with Gasteiger partial charge in [0.15, 0.2) is 0 Å². The zero-order valence-electron chi connectivity index (χ0n) is 22.1. The van der Waals surface area contributed by atoms with Gasteiger partial charge in [0.2, 0.25) is 0 Å². The molecule has 3 N–H and O–H groups in total. The summed E-state index contributed by atoms with van der Waals surface area (Å²) >= 11 is 13.4. The SMILES string of the molecule is BrCCOc1ccc(Br)cc1C1=Cc2ccccc2C1.OCCBr.Oc1ccc(Br)cc1-c1cc2ccccc2[nH]1. The van der Waals surface area contributed by atoms with Crippen LogP contribution in [0.3, 0.4) is 0 Å². The summed E-state index contributed by atoms with van der Waals surface area (Å²) < 4.78 is 7.87. The lowest BCUT2D eigenvalue weighted by Gasteiger charge is -2.12. The molecule has 8 heteroatoms. The van der Waals surface area contributed by atoms with Crippen LogP contribution >= 0.6 is 63.7 Å². The maximum Gasteiger partial charge on any atom is 0.126 e. The largest absolute Gasteiger partial charge is 0.507 e. The first-order valence-electron chi connectivity index (χ1n) is 12.9.